The summed E-state index contributed by atoms with van der Waals surface area (Å²) in [6, 6.07) is 6.92. The molecule has 0 saturated carbocycles. The van der Waals surface area contributed by atoms with E-state index in [1.807, 2.05) is 6.92 Å². The smallest absolute Gasteiger partial charge is 0.213 e. The normalized spacial score (nSPS) is 11.4. The summed E-state index contributed by atoms with van der Waals surface area (Å²) in [6.07, 6.45) is 0. The van der Waals surface area contributed by atoms with Gasteiger partial charge in [0.25, 0.3) is 0 Å². The van der Waals surface area contributed by atoms with E-state index >= 15 is 0 Å². The fourth-order valence-corrected chi connectivity index (χ4v) is 2.19. The fourth-order valence-electron chi connectivity index (χ4n) is 1.32. The average Bonchev–Trinajstić information content (AvgIpc) is 2.37. The Morgan fingerprint density at radius 3 is 2.53 bits per heavy atom. The molecule has 0 aromatic heterocycles. The van der Waals surface area contributed by atoms with Gasteiger partial charge in [-0.2, -0.15) is 0 Å². The molecule has 6 nitrogen and oxygen atoms in total. The quantitative estimate of drug-likeness (QED) is 0.513. The van der Waals surface area contributed by atoms with Crippen LogP contribution in [0.15, 0.2) is 24.3 Å². The van der Waals surface area contributed by atoms with Crippen LogP contribution in [0, 0.1) is 0 Å². The molecule has 0 atom stereocenters. The van der Waals surface area contributed by atoms with Gasteiger partial charge in [0.2, 0.25) is 10.0 Å². The Morgan fingerprint density at radius 2 is 1.89 bits per heavy atom. The monoisotopic (exact) mass is 288 g/mol. The number of nitrogens with two attached hydrogens (primary N) is 1. The van der Waals surface area contributed by atoms with Gasteiger partial charge in [-0.1, -0.05) is 0 Å². The molecule has 0 amide bonds. The molecule has 1 aromatic carbocycles. The highest BCUT2D eigenvalue weighted by atomic mass is 32.2. The molecule has 1 rings (SSSR count). The zero-order valence-corrected chi connectivity index (χ0v) is 11.8. The second kappa shape index (κ2) is 7.98. The highest BCUT2D eigenvalue weighted by Crippen LogP contribution is 2.12. The molecule has 0 aliphatic rings. The van der Waals surface area contributed by atoms with Crippen molar-refractivity contribution >= 4 is 15.7 Å². The van der Waals surface area contributed by atoms with Crippen molar-refractivity contribution in [2.24, 2.45) is 0 Å². The number of benzene rings is 1. The van der Waals surface area contributed by atoms with Crippen molar-refractivity contribution in [2.75, 3.05) is 37.9 Å². The van der Waals surface area contributed by atoms with Gasteiger partial charge in [-0.25, -0.2) is 13.1 Å². The molecule has 0 bridgehead atoms. The Kier molecular flexibility index (Phi) is 6.61. The van der Waals surface area contributed by atoms with E-state index in [0.717, 1.165) is 0 Å². The third-order valence-electron chi connectivity index (χ3n) is 2.27. The van der Waals surface area contributed by atoms with Crippen LogP contribution in [0.1, 0.15) is 6.92 Å². The lowest BCUT2D eigenvalue weighted by Gasteiger charge is -2.08. The van der Waals surface area contributed by atoms with Crippen LogP contribution in [0.5, 0.6) is 5.75 Å². The Hall–Kier alpha value is -1.31. The molecule has 0 saturated heterocycles. The van der Waals surface area contributed by atoms with Crippen LogP contribution < -0.4 is 15.2 Å². The summed E-state index contributed by atoms with van der Waals surface area (Å²) in [4.78, 5) is 0. The van der Waals surface area contributed by atoms with Gasteiger partial charge in [-0.15, -0.1) is 0 Å². The van der Waals surface area contributed by atoms with Crippen LogP contribution in [0.25, 0.3) is 0 Å². The fraction of sp³-hybridized carbons (Fsp3) is 0.500. The van der Waals surface area contributed by atoms with Gasteiger partial charge in [0.05, 0.1) is 12.4 Å². The number of hydrogen-bond acceptors (Lipinski definition) is 5. The largest absolute Gasteiger partial charge is 0.492 e. The molecule has 0 aliphatic heterocycles. The molecule has 0 unspecified atom stereocenters. The maximum atomic E-state index is 11.5. The summed E-state index contributed by atoms with van der Waals surface area (Å²) in [5.74, 6) is 0.616. The molecule has 0 fully saturated rings. The molecular weight excluding hydrogens is 268 g/mol. The highest BCUT2D eigenvalue weighted by molar-refractivity contribution is 7.89. The lowest BCUT2D eigenvalue weighted by atomic mass is 10.3. The first kappa shape index (κ1) is 15.7. The van der Waals surface area contributed by atoms with Gasteiger partial charge >= 0.3 is 0 Å². The number of anilines is 1. The number of sulfonamides is 1. The number of ether oxygens (including phenoxy) is 2. The molecular formula is C12H20N2O4S. The van der Waals surface area contributed by atoms with Gasteiger partial charge in [0.1, 0.15) is 12.4 Å². The predicted octanol–water partition coefficient (Wildman–Crippen LogP) is 0.604. The Labute approximate surface area is 113 Å². The second-order valence-electron chi connectivity index (χ2n) is 3.83. The topological polar surface area (TPSA) is 90.7 Å². The Bertz CT molecular complexity index is 459. The van der Waals surface area contributed by atoms with Crippen LogP contribution in [0.3, 0.4) is 0 Å². The molecule has 0 spiro atoms. The van der Waals surface area contributed by atoms with Crippen molar-refractivity contribution in [2.45, 2.75) is 6.92 Å². The van der Waals surface area contributed by atoms with Crippen LogP contribution in [0.2, 0.25) is 0 Å². The maximum absolute atomic E-state index is 11.5. The van der Waals surface area contributed by atoms with E-state index in [9.17, 15) is 8.42 Å². The van der Waals surface area contributed by atoms with E-state index in [-0.39, 0.29) is 25.5 Å². The summed E-state index contributed by atoms with van der Waals surface area (Å²) in [5, 5.41) is 0. The average molecular weight is 288 g/mol. The lowest BCUT2D eigenvalue weighted by Crippen LogP contribution is -2.31. The summed E-state index contributed by atoms with van der Waals surface area (Å²) in [6.45, 7) is 3.01. The minimum atomic E-state index is -3.29. The van der Waals surface area contributed by atoms with Crippen LogP contribution in [0.4, 0.5) is 5.69 Å². The zero-order chi connectivity index (χ0) is 14.1. The van der Waals surface area contributed by atoms with E-state index in [1.165, 1.54) is 0 Å². The first-order chi connectivity index (χ1) is 9.03. The van der Waals surface area contributed by atoms with Gasteiger partial charge in [0, 0.05) is 18.8 Å². The van der Waals surface area contributed by atoms with Crippen LogP contribution in [-0.4, -0.2) is 40.5 Å². The van der Waals surface area contributed by atoms with E-state index in [4.69, 9.17) is 15.2 Å². The number of hydrogen-bond donors (Lipinski definition) is 2. The molecule has 0 aliphatic carbocycles. The summed E-state index contributed by atoms with van der Waals surface area (Å²) >= 11 is 0. The lowest BCUT2D eigenvalue weighted by molar-refractivity contribution is 0.163. The van der Waals surface area contributed by atoms with Gasteiger partial charge in [-0.05, 0) is 31.2 Å². The van der Waals surface area contributed by atoms with E-state index in [1.54, 1.807) is 24.3 Å². The molecule has 0 radical (unpaired) electrons. The molecule has 19 heavy (non-hydrogen) atoms. The first-order valence-corrected chi connectivity index (χ1v) is 7.72. The number of nitrogen functional groups attached to an aromatic ring is 1. The molecule has 0 heterocycles. The summed E-state index contributed by atoms with van der Waals surface area (Å²) < 4.78 is 35.8. The van der Waals surface area contributed by atoms with E-state index in [0.29, 0.717) is 18.0 Å². The van der Waals surface area contributed by atoms with Crippen molar-refractivity contribution in [3.8, 4) is 5.75 Å². The summed E-state index contributed by atoms with van der Waals surface area (Å²) in [7, 11) is -3.29. The Morgan fingerprint density at radius 1 is 1.21 bits per heavy atom. The predicted molar refractivity (Wildman–Crippen MR) is 74.6 cm³/mol. The third-order valence-corrected chi connectivity index (χ3v) is 3.62. The SMILES string of the molecule is CCOCCS(=O)(=O)NCCOc1ccc(N)cc1. The van der Waals surface area contributed by atoms with Crippen LogP contribution >= 0.6 is 0 Å². The van der Waals surface area contributed by atoms with E-state index < -0.39 is 10.0 Å². The number of nitrogens with one attached hydrogen (secondary N) is 1. The second-order valence-corrected chi connectivity index (χ2v) is 5.75. The minimum Gasteiger partial charge on any atom is -0.492 e. The van der Waals surface area contributed by atoms with Crippen molar-refractivity contribution < 1.29 is 17.9 Å². The van der Waals surface area contributed by atoms with Gasteiger partial charge in [0.15, 0.2) is 0 Å². The standard InChI is InChI=1S/C12H20N2O4S/c1-2-17-9-10-19(15,16)14-7-8-18-12-5-3-11(13)4-6-12/h3-6,14H,2,7-10,13H2,1H3. The van der Waals surface area contributed by atoms with Crippen molar-refractivity contribution in [3.63, 3.8) is 0 Å². The number of rotatable bonds is 9. The highest BCUT2D eigenvalue weighted by Gasteiger charge is 2.08. The van der Waals surface area contributed by atoms with Crippen molar-refractivity contribution in [3.05, 3.63) is 24.3 Å². The minimum absolute atomic E-state index is 0.0390. The molecule has 1 aromatic rings. The maximum Gasteiger partial charge on any atom is 0.213 e. The van der Waals surface area contributed by atoms with Gasteiger partial charge in [-0.3, -0.25) is 0 Å². The van der Waals surface area contributed by atoms with Crippen molar-refractivity contribution in [1.82, 2.24) is 4.72 Å². The van der Waals surface area contributed by atoms with Crippen LogP contribution in [-0.2, 0) is 14.8 Å². The van der Waals surface area contributed by atoms with E-state index in [2.05, 4.69) is 4.72 Å². The third kappa shape index (κ3) is 7.00. The summed E-state index contributed by atoms with van der Waals surface area (Å²) in [5.41, 5.74) is 6.19. The molecule has 3 N–H and O–H groups in total. The molecule has 108 valence electrons. The Balaban J connectivity index is 2.21. The zero-order valence-electron chi connectivity index (χ0n) is 11.0. The van der Waals surface area contributed by atoms with Gasteiger partial charge < -0.3 is 15.2 Å². The van der Waals surface area contributed by atoms with Crippen molar-refractivity contribution in [1.29, 1.82) is 0 Å². The molecule has 7 heteroatoms. The first-order valence-electron chi connectivity index (χ1n) is 6.07.